The largest absolute Gasteiger partial charge is 0.395 e. The summed E-state index contributed by atoms with van der Waals surface area (Å²) >= 11 is 0. The minimum Gasteiger partial charge on any atom is -0.395 e. The van der Waals surface area contributed by atoms with Crippen LogP contribution in [0.4, 0.5) is 8.78 Å². The summed E-state index contributed by atoms with van der Waals surface area (Å²) in [5.41, 5.74) is 0. The van der Waals surface area contributed by atoms with Gasteiger partial charge in [-0.3, -0.25) is 0 Å². The minimum atomic E-state index is -4.09. The van der Waals surface area contributed by atoms with Gasteiger partial charge in [0.25, 0.3) is 0 Å². The Kier molecular flexibility index (Phi) is 3.65. The second kappa shape index (κ2) is 4.91. The Morgan fingerprint density at radius 3 is 2.78 bits per heavy atom. The predicted molar refractivity (Wildman–Crippen MR) is 60.4 cm³/mol. The average Bonchev–Trinajstić information content (AvgIpc) is 2.81. The third-order valence-corrected chi connectivity index (χ3v) is 4.98. The van der Waals surface area contributed by atoms with E-state index in [-0.39, 0.29) is 13.2 Å². The van der Waals surface area contributed by atoms with Gasteiger partial charge in [0.05, 0.1) is 6.61 Å². The first-order valence-corrected chi connectivity index (χ1v) is 6.98. The van der Waals surface area contributed by atoms with Crippen LogP contribution in [0.5, 0.6) is 0 Å². The smallest absolute Gasteiger partial charge is 0.246 e. The zero-order valence-corrected chi connectivity index (χ0v) is 10.3. The molecule has 1 unspecified atom stereocenters. The molecule has 0 saturated carbocycles. The van der Waals surface area contributed by atoms with Crippen LogP contribution in [0, 0.1) is 11.6 Å². The topological polar surface area (TPSA) is 57.6 Å². The molecule has 1 heterocycles. The van der Waals surface area contributed by atoms with Crippen molar-refractivity contribution in [2.75, 3.05) is 13.2 Å². The minimum absolute atomic E-state index is 0.212. The fourth-order valence-electron chi connectivity index (χ4n) is 2.11. The van der Waals surface area contributed by atoms with Crippen LogP contribution in [0.15, 0.2) is 23.1 Å². The summed E-state index contributed by atoms with van der Waals surface area (Å²) in [5.74, 6) is -1.80. The third-order valence-electron chi connectivity index (χ3n) is 3.01. The maximum absolute atomic E-state index is 13.5. The molecule has 0 aliphatic carbocycles. The summed E-state index contributed by atoms with van der Waals surface area (Å²) in [6, 6.07) is 1.75. The Hall–Kier alpha value is -1.05. The Labute approximate surface area is 104 Å². The quantitative estimate of drug-likeness (QED) is 0.900. The van der Waals surface area contributed by atoms with Gasteiger partial charge in [-0.1, -0.05) is 0 Å². The van der Waals surface area contributed by atoms with E-state index in [2.05, 4.69) is 0 Å². The molecule has 100 valence electrons. The summed E-state index contributed by atoms with van der Waals surface area (Å²) in [4.78, 5) is -0.678. The molecule has 2 rings (SSSR count). The van der Waals surface area contributed by atoms with Crippen LogP contribution >= 0.6 is 0 Å². The van der Waals surface area contributed by atoms with E-state index < -0.39 is 32.6 Å². The van der Waals surface area contributed by atoms with Crippen molar-refractivity contribution < 1.29 is 22.3 Å². The number of hydrogen-bond donors (Lipinski definition) is 1. The first-order valence-electron chi connectivity index (χ1n) is 5.54. The van der Waals surface area contributed by atoms with Crippen LogP contribution in [0.3, 0.4) is 0 Å². The van der Waals surface area contributed by atoms with E-state index in [1.165, 1.54) is 0 Å². The van der Waals surface area contributed by atoms with E-state index in [1.807, 2.05) is 0 Å². The molecule has 7 heteroatoms. The molecule has 0 spiro atoms. The van der Waals surface area contributed by atoms with Gasteiger partial charge in [0, 0.05) is 12.6 Å². The SMILES string of the molecule is O=S(=O)(c1cc(F)ccc1F)N1CCCC1CO. The molecule has 1 aliphatic rings. The highest BCUT2D eigenvalue weighted by molar-refractivity contribution is 7.89. The van der Waals surface area contributed by atoms with Gasteiger partial charge in [-0.25, -0.2) is 17.2 Å². The lowest BCUT2D eigenvalue weighted by molar-refractivity contribution is 0.213. The second-order valence-corrected chi connectivity index (χ2v) is 6.03. The summed E-state index contributed by atoms with van der Waals surface area (Å²) in [6.07, 6.45) is 1.12. The zero-order chi connectivity index (χ0) is 13.3. The highest BCUT2D eigenvalue weighted by atomic mass is 32.2. The van der Waals surface area contributed by atoms with Crippen LogP contribution in [0.2, 0.25) is 0 Å². The van der Waals surface area contributed by atoms with E-state index in [4.69, 9.17) is 5.11 Å². The summed E-state index contributed by atoms with van der Waals surface area (Å²) in [6.45, 7) is -0.111. The predicted octanol–water partition coefficient (Wildman–Crippen LogP) is 1.11. The second-order valence-electron chi connectivity index (χ2n) is 4.17. The van der Waals surface area contributed by atoms with Gasteiger partial charge in [0.2, 0.25) is 10.0 Å². The molecule has 0 bridgehead atoms. The Balaban J connectivity index is 2.45. The standard InChI is InChI=1S/C11H13F2NO3S/c12-8-3-4-10(13)11(6-8)18(16,17)14-5-1-2-9(14)7-15/h3-4,6,9,15H,1-2,5,7H2. The normalized spacial score (nSPS) is 21.4. The number of halogens is 2. The molecule has 4 nitrogen and oxygen atoms in total. The summed E-state index contributed by atoms with van der Waals surface area (Å²) in [5, 5.41) is 9.10. The number of aliphatic hydroxyl groups excluding tert-OH is 1. The van der Waals surface area contributed by atoms with Crippen molar-refractivity contribution in [3.63, 3.8) is 0 Å². The van der Waals surface area contributed by atoms with Crippen molar-refractivity contribution in [2.24, 2.45) is 0 Å². The first kappa shape index (κ1) is 13.4. The van der Waals surface area contributed by atoms with Crippen molar-refractivity contribution in [1.82, 2.24) is 4.31 Å². The molecule has 1 saturated heterocycles. The van der Waals surface area contributed by atoms with E-state index in [1.54, 1.807) is 0 Å². The van der Waals surface area contributed by atoms with Crippen LogP contribution in [0.25, 0.3) is 0 Å². The molecular formula is C11H13F2NO3S. The van der Waals surface area contributed by atoms with Crippen LogP contribution in [-0.2, 0) is 10.0 Å². The fourth-order valence-corrected chi connectivity index (χ4v) is 3.87. The average molecular weight is 277 g/mol. The van der Waals surface area contributed by atoms with E-state index in [0.29, 0.717) is 18.9 Å². The lowest BCUT2D eigenvalue weighted by atomic mass is 10.2. The molecule has 1 N–H and O–H groups in total. The van der Waals surface area contributed by atoms with Crippen molar-refractivity contribution in [1.29, 1.82) is 0 Å². The molecular weight excluding hydrogens is 264 g/mol. The lowest BCUT2D eigenvalue weighted by Gasteiger charge is -2.22. The maximum atomic E-state index is 13.5. The third kappa shape index (κ3) is 2.25. The number of rotatable bonds is 3. The van der Waals surface area contributed by atoms with Crippen LogP contribution in [0.1, 0.15) is 12.8 Å². The first-order chi connectivity index (χ1) is 8.46. The van der Waals surface area contributed by atoms with Gasteiger partial charge in [0.15, 0.2) is 0 Å². The van der Waals surface area contributed by atoms with Crippen LogP contribution in [-0.4, -0.2) is 37.0 Å². The van der Waals surface area contributed by atoms with Crippen molar-refractivity contribution in [3.05, 3.63) is 29.8 Å². The van der Waals surface area contributed by atoms with Gasteiger partial charge in [0.1, 0.15) is 16.5 Å². The van der Waals surface area contributed by atoms with Gasteiger partial charge in [-0.2, -0.15) is 4.31 Å². The number of benzene rings is 1. The molecule has 18 heavy (non-hydrogen) atoms. The van der Waals surface area contributed by atoms with E-state index in [9.17, 15) is 17.2 Å². The molecule has 1 atom stereocenters. The molecule has 1 fully saturated rings. The molecule has 0 aromatic heterocycles. The van der Waals surface area contributed by atoms with Gasteiger partial charge in [-0.15, -0.1) is 0 Å². The monoisotopic (exact) mass is 277 g/mol. The molecule has 1 aliphatic heterocycles. The maximum Gasteiger partial charge on any atom is 0.246 e. The van der Waals surface area contributed by atoms with Gasteiger partial charge in [-0.05, 0) is 31.0 Å². The molecule has 0 radical (unpaired) electrons. The summed E-state index contributed by atoms with van der Waals surface area (Å²) < 4.78 is 52.0. The highest BCUT2D eigenvalue weighted by Crippen LogP contribution is 2.27. The number of hydrogen-bond acceptors (Lipinski definition) is 3. The molecule has 0 amide bonds. The molecule has 1 aromatic rings. The molecule has 1 aromatic carbocycles. The van der Waals surface area contributed by atoms with Crippen molar-refractivity contribution in [2.45, 2.75) is 23.8 Å². The highest BCUT2D eigenvalue weighted by Gasteiger charge is 2.36. The van der Waals surface area contributed by atoms with Crippen molar-refractivity contribution >= 4 is 10.0 Å². The Morgan fingerprint density at radius 2 is 2.11 bits per heavy atom. The number of nitrogens with zero attached hydrogens (tertiary/aromatic N) is 1. The summed E-state index contributed by atoms with van der Waals surface area (Å²) in [7, 11) is -4.09. The number of aliphatic hydroxyl groups is 1. The van der Waals surface area contributed by atoms with E-state index >= 15 is 0 Å². The number of sulfonamides is 1. The van der Waals surface area contributed by atoms with Crippen molar-refractivity contribution in [3.8, 4) is 0 Å². The Morgan fingerprint density at radius 1 is 1.39 bits per heavy atom. The zero-order valence-electron chi connectivity index (χ0n) is 9.51. The fraction of sp³-hybridized carbons (Fsp3) is 0.455. The lowest BCUT2D eigenvalue weighted by Crippen LogP contribution is -2.38. The van der Waals surface area contributed by atoms with Crippen LogP contribution < -0.4 is 0 Å². The van der Waals surface area contributed by atoms with Gasteiger partial charge < -0.3 is 5.11 Å². The van der Waals surface area contributed by atoms with Gasteiger partial charge >= 0.3 is 0 Å². The van der Waals surface area contributed by atoms with E-state index in [0.717, 1.165) is 16.4 Å². The Bertz CT molecular complexity index is 547.